The molecule has 136 valence electrons. The topological polar surface area (TPSA) is 75.4 Å². The molecule has 0 spiro atoms. The largest absolute Gasteiger partial charge is 0.368 e. The van der Waals surface area contributed by atoms with Gasteiger partial charge in [0.05, 0.1) is 18.3 Å². The average molecular weight is 369 g/mol. The Bertz CT molecular complexity index is 767. The Hall–Kier alpha value is -2.31. The Labute approximate surface area is 157 Å². The van der Waals surface area contributed by atoms with E-state index in [1.807, 2.05) is 59.5 Å². The number of anilines is 1. The summed E-state index contributed by atoms with van der Waals surface area (Å²) in [5, 5.41) is 2.98. The molecule has 1 fully saturated rings. The molecule has 2 aromatic carbocycles. The minimum atomic E-state index is -0.350. The van der Waals surface area contributed by atoms with Crippen LogP contribution in [0.4, 0.5) is 5.69 Å². The van der Waals surface area contributed by atoms with Crippen molar-refractivity contribution in [3.8, 4) is 0 Å². The number of nitrogens with one attached hydrogen (secondary N) is 1. The highest BCUT2D eigenvalue weighted by Crippen LogP contribution is 2.33. The Kier molecular flexibility index (Phi) is 6.30. The van der Waals surface area contributed by atoms with Crippen LogP contribution in [-0.2, 0) is 9.59 Å². The zero-order valence-electron chi connectivity index (χ0n) is 14.6. The summed E-state index contributed by atoms with van der Waals surface area (Å²) in [5.74, 6) is -0.475. The first-order valence-electron chi connectivity index (χ1n) is 8.78. The molecule has 1 unspecified atom stereocenters. The second kappa shape index (κ2) is 8.87. The normalized spacial score (nSPS) is 17.6. The first-order valence-corrected chi connectivity index (χ1v) is 9.60. The maximum absolute atomic E-state index is 12.5. The highest BCUT2D eigenvalue weighted by atomic mass is 32.2. The number of para-hydroxylation sites is 1. The van der Waals surface area contributed by atoms with Crippen molar-refractivity contribution in [2.24, 2.45) is 5.73 Å². The molecule has 2 amide bonds. The van der Waals surface area contributed by atoms with E-state index in [-0.39, 0.29) is 24.4 Å². The minimum Gasteiger partial charge on any atom is -0.368 e. The molecular formula is C20H23N3O2S. The number of likely N-dealkylation sites (tertiary alicyclic amines) is 1. The lowest BCUT2D eigenvalue weighted by Crippen LogP contribution is -2.50. The zero-order chi connectivity index (χ0) is 18.4. The van der Waals surface area contributed by atoms with Crippen molar-refractivity contribution in [2.45, 2.75) is 35.1 Å². The minimum absolute atomic E-state index is 0.126. The van der Waals surface area contributed by atoms with Crippen LogP contribution in [0.2, 0.25) is 0 Å². The van der Waals surface area contributed by atoms with Crippen LogP contribution in [0.15, 0.2) is 64.4 Å². The van der Waals surface area contributed by atoms with Gasteiger partial charge in [0.1, 0.15) is 0 Å². The van der Waals surface area contributed by atoms with Crippen LogP contribution < -0.4 is 11.1 Å². The molecule has 1 heterocycles. The van der Waals surface area contributed by atoms with Gasteiger partial charge in [-0.2, -0.15) is 0 Å². The SMILES string of the molecule is NC(=O)C1CCCCN1CC(=O)Nc1ccccc1Sc1ccccc1. The predicted molar refractivity (Wildman–Crippen MR) is 104 cm³/mol. The van der Waals surface area contributed by atoms with E-state index >= 15 is 0 Å². The number of nitrogens with zero attached hydrogens (tertiary/aromatic N) is 1. The Balaban J connectivity index is 1.66. The molecule has 26 heavy (non-hydrogen) atoms. The molecule has 1 aliphatic rings. The summed E-state index contributed by atoms with van der Waals surface area (Å²) in [6.07, 6.45) is 2.68. The van der Waals surface area contributed by atoms with E-state index in [1.54, 1.807) is 11.8 Å². The van der Waals surface area contributed by atoms with Crippen LogP contribution in [0.25, 0.3) is 0 Å². The molecule has 3 rings (SSSR count). The van der Waals surface area contributed by atoms with Crippen LogP contribution in [0.3, 0.4) is 0 Å². The summed E-state index contributed by atoms with van der Waals surface area (Å²) in [7, 11) is 0. The number of amides is 2. The van der Waals surface area contributed by atoms with Gasteiger partial charge in [-0.05, 0) is 43.7 Å². The van der Waals surface area contributed by atoms with E-state index in [2.05, 4.69) is 5.32 Å². The lowest BCUT2D eigenvalue weighted by atomic mass is 10.0. The van der Waals surface area contributed by atoms with Gasteiger partial charge in [0.2, 0.25) is 11.8 Å². The summed E-state index contributed by atoms with van der Waals surface area (Å²) >= 11 is 1.61. The molecule has 1 saturated heterocycles. The van der Waals surface area contributed by atoms with Gasteiger partial charge < -0.3 is 11.1 Å². The maximum atomic E-state index is 12.5. The third kappa shape index (κ3) is 4.86. The number of primary amides is 1. The standard InChI is InChI=1S/C20H23N3O2S/c21-20(25)17-11-6-7-13-23(17)14-19(24)22-16-10-4-5-12-18(16)26-15-8-2-1-3-9-15/h1-5,8-10,12,17H,6-7,11,13-14H2,(H2,21,25)(H,22,24). The zero-order valence-corrected chi connectivity index (χ0v) is 15.4. The lowest BCUT2D eigenvalue weighted by molar-refractivity contribution is -0.126. The molecule has 0 bridgehead atoms. The second-order valence-corrected chi connectivity index (χ2v) is 7.46. The van der Waals surface area contributed by atoms with E-state index in [4.69, 9.17) is 5.73 Å². The first kappa shape index (κ1) is 18.5. The molecular weight excluding hydrogens is 346 g/mol. The number of carbonyl (C=O) groups is 2. The van der Waals surface area contributed by atoms with Crippen molar-refractivity contribution in [3.63, 3.8) is 0 Å². The van der Waals surface area contributed by atoms with Crippen LogP contribution >= 0.6 is 11.8 Å². The third-order valence-corrected chi connectivity index (χ3v) is 5.50. The summed E-state index contributed by atoms with van der Waals surface area (Å²) in [6, 6.07) is 17.4. The van der Waals surface area contributed by atoms with Gasteiger partial charge >= 0.3 is 0 Å². The number of nitrogens with two attached hydrogens (primary N) is 1. The van der Waals surface area contributed by atoms with E-state index in [0.717, 1.165) is 41.3 Å². The van der Waals surface area contributed by atoms with E-state index in [9.17, 15) is 9.59 Å². The van der Waals surface area contributed by atoms with Crippen molar-refractivity contribution in [2.75, 3.05) is 18.4 Å². The molecule has 5 nitrogen and oxygen atoms in total. The smallest absolute Gasteiger partial charge is 0.238 e. The number of rotatable bonds is 6. The van der Waals surface area contributed by atoms with Crippen LogP contribution in [0, 0.1) is 0 Å². The van der Waals surface area contributed by atoms with E-state index < -0.39 is 0 Å². The summed E-state index contributed by atoms with van der Waals surface area (Å²) < 4.78 is 0. The fourth-order valence-electron chi connectivity index (χ4n) is 3.15. The summed E-state index contributed by atoms with van der Waals surface area (Å²) in [4.78, 5) is 28.1. The van der Waals surface area contributed by atoms with Gasteiger partial charge in [-0.15, -0.1) is 0 Å². The Morgan fingerprint density at radius 3 is 2.58 bits per heavy atom. The highest BCUT2D eigenvalue weighted by Gasteiger charge is 2.28. The van der Waals surface area contributed by atoms with Crippen molar-refractivity contribution in [1.29, 1.82) is 0 Å². The molecule has 0 saturated carbocycles. The fourth-order valence-corrected chi connectivity index (χ4v) is 4.07. The molecule has 1 aliphatic heterocycles. The predicted octanol–water partition coefficient (Wildman–Crippen LogP) is 3.12. The lowest BCUT2D eigenvalue weighted by Gasteiger charge is -2.32. The number of hydrogen-bond acceptors (Lipinski definition) is 4. The van der Waals surface area contributed by atoms with Crippen molar-refractivity contribution >= 4 is 29.3 Å². The van der Waals surface area contributed by atoms with E-state index in [0.29, 0.717) is 0 Å². The van der Waals surface area contributed by atoms with Gasteiger partial charge in [-0.3, -0.25) is 14.5 Å². The molecule has 2 aromatic rings. The van der Waals surface area contributed by atoms with E-state index in [1.165, 1.54) is 0 Å². The number of piperidine rings is 1. The highest BCUT2D eigenvalue weighted by molar-refractivity contribution is 7.99. The second-order valence-electron chi connectivity index (χ2n) is 6.34. The number of benzene rings is 2. The quantitative estimate of drug-likeness (QED) is 0.820. The molecule has 0 aliphatic carbocycles. The molecule has 0 aromatic heterocycles. The Morgan fingerprint density at radius 1 is 1.08 bits per heavy atom. The first-order chi connectivity index (χ1) is 12.6. The van der Waals surface area contributed by atoms with Gasteiger partial charge in [0.15, 0.2) is 0 Å². The molecule has 6 heteroatoms. The maximum Gasteiger partial charge on any atom is 0.238 e. The number of carbonyl (C=O) groups excluding carboxylic acids is 2. The number of hydrogen-bond donors (Lipinski definition) is 2. The van der Waals surface area contributed by atoms with Gasteiger partial charge in [0, 0.05) is 9.79 Å². The van der Waals surface area contributed by atoms with Gasteiger partial charge in [-0.25, -0.2) is 0 Å². The summed E-state index contributed by atoms with van der Waals surface area (Å²) in [5.41, 5.74) is 6.26. The Morgan fingerprint density at radius 2 is 1.81 bits per heavy atom. The molecule has 3 N–H and O–H groups in total. The van der Waals surface area contributed by atoms with Crippen LogP contribution in [0.5, 0.6) is 0 Å². The van der Waals surface area contributed by atoms with Gasteiger partial charge in [-0.1, -0.05) is 48.5 Å². The van der Waals surface area contributed by atoms with Crippen molar-refractivity contribution in [3.05, 3.63) is 54.6 Å². The third-order valence-electron chi connectivity index (χ3n) is 4.42. The van der Waals surface area contributed by atoms with Gasteiger partial charge in [0.25, 0.3) is 0 Å². The fraction of sp³-hybridized carbons (Fsp3) is 0.300. The van der Waals surface area contributed by atoms with Crippen molar-refractivity contribution < 1.29 is 9.59 Å². The summed E-state index contributed by atoms with van der Waals surface area (Å²) in [6.45, 7) is 0.902. The van der Waals surface area contributed by atoms with Crippen LogP contribution in [0.1, 0.15) is 19.3 Å². The monoisotopic (exact) mass is 369 g/mol. The average Bonchev–Trinajstić information content (AvgIpc) is 2.64. The molecule has 0 radical (unpaired) electrons. The molecule has 1 atom stereocenters. The van der Waals surface area contributed by atoms with Crippen LogP contribution in [-0.4, -0.2) is 35.8 Å². The van der Waals surface area contributed by atoms with Crippen molar-refractivity contribution in [1.82, 2.24) is 4.90 Å².